The van der Waals surface area contributed by atoms with E-state index in [-0.39, 0.29) is 11.3 Å². The molecular formula is C12H21NO2. The fourth-order valence-electron chi connectivity index (χ4n) is 3.65. The Morgan fingerprint density at radius 3 is 2.40 bits per heavy atom. The maximum absolute atomic E-state index is 12.2. The standard InChI is InChI=1S/C12H21NO2/c1-11(2)8-5-6-12(7-8,9(11)14)10(15)13(3)4/h8-9,14H,5-7H2,1-4H3. The van der Waals surface area contributed by atoms with Crippen molar-refractivity contribution in [1.82, 2.24) is 4.90 Å². The number of carbonyl (C=O) groups is 1. The number of aliphatic hydroxyl groups is 1. The van der Waals surface area contributed by atoms with Crippen molar-refractivity contribution in [3.8, 4) is 0 Å². The lowest BCUT2D eigenvalue weighted by molar-refractivity contribution is -0.149. The Labute approximate surface area is 91.5 Å². The predicted octanol–water partition coefficient (Wildman–Crippen LogP) is 1.26. The van der Waals surface area contributed by atoms with E-state index in [1.807, 2.05) is 0 Å². The molecule has 0 aromatic rings. The van der Waals surface area contributed by atoms with Crippen LogP contribution in [-0.4, -0.2) is 36.1 Å². The van der Waals surface area contributed by atoms with Gasteiger partial charge in [-0.05, 0) is 30.6 Å². The molecule has 1 amide bonds. The molecule has 0 spiro atoms. The van der Waals surface area contributed by atoms with Gasteiger partial charge in [-0.15, -0.1) is 0 Å². The van der Waals surface area contributed by atoms with E-state index in [0.717, 1.165) is 19.3 Å². The average Bonchev–Trinajstić information content (AvgIpc) is 2.66. The van der Waals surface area contributed by atoms with Crippen LogP contribution in [0.5, 0.6) is 0 Å². The van der Waals surface area contributed by atoms with E-state index in [1.165, 1.54) is 0 Å². The normalized spacial score (nSPS) is 41.9. The summed E-state index contributed by atoms with van der Waals surface area (Å²) >= 11 is 0. The summed E-state index contributed by atoms with van der Waals surface area (Å²) in [5.74, 6) is 0.625. The van der Waals surface area contributed by atoms with Gasteiger partial charge in [-0.3, -0.25) is 4.79 Å². The fourth-order valence-corrected chi connectivity index (χ4v) is 3.65. The van der Waals surface area contributed by atoms with Crippen molar-refractivity contribution in [2.45, 2.75) is 39.2 Å². The molecule has 0 heterocycles. The van der Waals surface area contributed by atoms with Crippen LogP contribution in [0.2, 0.25) is 0 Å². The highest BCUT2D eigenvalue weighted by Gasteiger charge is 2.64. The first kappa shape index (κ1) is 10.9. The van der Waals surface area contributed by atoms with Crippen LogP contribution in [0.25, 0.3) is 0 Å². The van der Waals surface area contributed by atoms with E-state index < -0.39 is 11.5 Å². The minimum atomic E-state index is -0.475. The number of hydrogen-bond donors (Lipinski definition) is 1. The van der Waals surface area contributed by atoms with Crippen LogP contribution >= 0.6 is 0 Å². The third-order valence-corrected chi connectivity index (χ3v) is 4.66. The predicted molar refractivity (Wildman–Crippen MR) is 58.3 cm³/mol. The fraction of sp³-hybridized carbons (Fsp3) is 0.917. The molecule has 0 aliphatic heterocycles. The zero-order valence-corrected chi connectivity index (χ0v) is 10.1. The van der Waals surface area contributed by atoms with Crippen LogP contribution < -0.4 is 0 Å². The Hall–Kier alpha value is -0.570. The summed E-state index contributed by atoms with van der Waals surface area (Å²) in [7, 11) is 3.56. The second-order valence-electron chi connectivity index (χ2n) is 6.02. The van der Waals surface area contributed by atoms with E-state index in [4.69, 9.17) is 0 Å². The molecule has 0 radical (unpaired) electrons. The van der Waals surface area contributed by atoms with E-state index in [2.05, 4.69) is 13.8 Å². The van der Waals surface area contributed by atoms with Crippen molar-refractivity contribution in [3.63, 3.8) is 0 Å². The lowest BCUT2D eigenvalue weighted by Gasteiger charge is -2.40. The quantitative estimate of drug-likeness (QED) is 0.709. The van der Waals surface area contributed by atoms with Crippen molar-refractivity contribution < 1.29 is 9.90 Å². The molecule has 3 heteroatoms. The van der Waals surface area contributed by atoms with Crippen LogP contribution in [0.4, 0.5) is 0 Å². The topological polar surface area (TPSA) is 40.5 Å². The van der Waals surface area contributed by atoms with Gasteiger partial charge in [0.25, 0.3) is 0 Å². The van der Waals surface area contributed by atoms with Gasteiger partial charge in [0.1, 0.15) is 0 Å². The number of aliphatic hydroxyl groups excluding tert-OH is 1. The highest BCUT2D eigenvalue weighted by Crippen LogP contribution is 2.63. The molecule has 15 heavy (non-hydrogen) atoms. The number of carbonyl (C=O) groups excluding carboxylic acids is 1. The third-order valence-electron chi connectivity index (χ3n) is 4.66. The number of rotatable bonds is 1. The van der Waals surface area contributed by atoms with Crippen LogP contribution in [0.15, 0.2) is 0 Å². The summed E-state index contributed by atoms with van der Waals surface area (Å²) < 4.78 is 0. The molecule has 3 nitrogen and oxygen atoms in total. The molecule has 86 valence electrons. The second-order valence-corrected chi connectivity index (χ2v) is 6.02. The van der Waals surface area contributed by atoms with Gasteiger partial charge in [-0.25, -0.2) is 0 Å². The van der Waals surface area contributed by atoms with Crippen LogP contribution in [0, 0.1) is 16.7 Å². The average molecular weight is 211 g/mol. The number of fused-ring (bicyclic) bond motifs is 2. The number of hydrogen-bond acceptors (Lipinski definition) is 2. The lowest BCUT2D eigenvalue weighted by Crippen LogP contribution is -2.49. The summed E-state index contributed by atoms with van der Waals surface area (Å²) in [6.07, 6.45) is 2.35. The minimum absolute atomic E-state index is 0.0933. The zero-order chi connectivity index (χ0) is 11.4. The van der Waals surface area contributed by atoms with Gasteiger partial charge < -0.3 is 10.0 Å². The van der Waals surface area contributed by atoms with Gasteiger partial charge in [-0.1, -0.05) is 13.8 Å². The largest absolute Gasteiger partial charge is 0.391 e. The Morgan fingerprint density at radius 1 is 1.40 bits per heavy atom. The number of amides is 1. The molecule has 2 fully saturated rings. The summed E-state index contributed by atoms with van der Waals surface area (Å²) in [5, 5.41) is 10.4. The van der Waals surface area contributed by atoms with E-state index >= 15 is 0 Å². The maximum atomic E-state index is 12.2. The van der Waals surface area contributed by atoms with E-state index in [9.17, 15) is 9.90 Å². The first-order valence-electron chi connectivity index (χ1n) is 5.72. The Balaban J connectivity index is 2.35. The van der Waals surface area contributed by atoms with Gasteiger partial charge in [0.05, 0.1) is 11.5 Å². The molecule has 0 aromatic heterocycles. The summed E-state index contributed by atoms with van der Waals surface area (Å²) in [6.45, 7) is 4.18. The van der Waals surface area contributed by atoms with Crippen molar-refractivity contribution in [3.05, 3.63) is 0 Å². The molecule has 3 unspecified atom stereocenters. The van der Waals surface area contributed by atoms with Gasteiger partial charge >= 0.3 is 0 Å². The first-order chi connectivity index (χ1) is 6.82. The smallest absolute Gasteiger partial charge is 0.230 e. The van der Waals surface area contributed by atoms with Gasteiger partial charge in [-0.2, -0.15) is 0 Å². The van der Waals surface area contributed by atoms with E-state index in [0.29, 0.717) is 5.92 Å². The molecule has 2 aliphatic carbocycles. The lowest BCUT2D eigenvalue weighted by atomic mass is 9.69. The highest BCUT2D eigenvalue weighted by atomic mass is 16.3. The Kier molecular flexibility index (Phi) is 2.16. The molecule has 0 aromatic carbocycles. The number of nitrogens with zero attached hydrogens (tertiary/aromatic N) is 1. The van der Waals surface area contributed by atoms with Crippen molar-refractivity contribution >= 4 is 5.91 Å². The second kappa shape index (κ2) is 2.97. The van der Waals surface area contributed by atoms with Crippen LogP contribution in [0.3, 0.4) is 0 Å². The maximum Gasteiger partial charge on any atom is 0.230 e. The van der Waals surface area contributed by atoms with Gasteiger partial charge in [0.2, 0.25) is 5.91 Å². The molecule has 2 aliphatic rings. The molecule has 2 rings (SSSR count). The molecule has 3 atom stereocenters. The molecule has 0 saturated heterocycles. The van der Waals surface area contributed by atoms with Gasteiger partial charge in [0, 0.05) is 14.1 Å². The summed E-state index contributed by atoms with van der Waals surface area (Å²) in [4.78, 5) is 13.8. The summed E-state index contributed by atoms with van der Waals surface area (Å²) in [6, 6.07) is 0. The first-order valence-corrected chi connectivity index (χ1v) is 5.72. The highest BCUT2D eigenvalue weighted by molar-refractivity contribution is 5.84. The molecule has 1 N–H and O–H groups in total. The van der Waals surface area contributed by atoms with Crippen LogP contribution in [0.1, 0.15) is 33.1 Å². The zero-order valence-electron chi connectivity index (χ0n) is 10.1. The Morgan fingerprint density at radius 2 is 2.00 bits per heavy atom. The summed E-state index contributed by atoms with van der Waals surface area (Å²) in [5.41, 5.74) is -0.568. The van der Waals surface area contributed by atoms with Crippen molar-refractivity contribution in [1.29, 1.82) is 0 Å². The van der Waals surface area contributed by atoms with Crippen molar-refractivity contribution in [2.75, 3.05) is 14.1 Å². The van der Waals surface area contributed by atoms with E-state index in [1.54, 1.807) is 19.0 Å². The molecule has 2 saturated carbocycles. The third kappa shape index (κ3) is 1.19. The molecular weight excluding hydrogens is 190 g/mol. The Bertz CT molecular complexity index is 298. The monoisotopic (exact) mass is 211 g/mol. The van der Waals surface area contributed by atoms with Crippen molar-refractivity contribution in [2.24, 2.45) is 16.7 Å². The SMILES string of the molecule is CN(C)C(=O)C12CCC(C1)C(C)(C)C2O. The van der Waals surface area contributed by atoms with Gasteiger partial charge in [0.15, 0.2) is 0 Å². The van der Waals surface area contributed by atoms with Crippen LogP contribution in [-0.2, 0) is 4.79 Å². The molecule has 2 bridgehead atoms. The minimum Gasteiger partial charge on any atom is -0.391 e.